The summed E-state index contributed by atoms with van der Waals surface area (Å²) in [5.41, 5.74) is 5.80. The highest BCUT2D eigenvalue weighted by atomic mass is 16.4. The SMILES string of the molecule is CC1(C(N)=O)CCCN(Cc2ccc(-c3ccccc3C(=O)O)o2)C1. The maximum Gasteiger partial charge on any atom is 0.336 e. The van der Waals surface area contributed by atoms with Gasteiger partial charge in [-0.3, -0.25) is 9.69 Å². The quantitative estimate of drug-likeness (QED) is 0.871. The number of nitrogens with zero attached hydrogens (tertiary/aromatic N) is 1. The van der Waals surface area contributed by atoms with Crippen molar-refractivity contribution in [2.75, 3.05) is 13.1 Å². The van der Waals surface area contributed by atoms with Crippen LogP contribution in [0.2, 0.25) is 0 Å². The van der Waals surface area contributed by atoms with Gasteiger partial charge in [0, 0.05) is 12.1 Å². The maximum absolute atomic E-state index is 11.7. The molecular formula is C19H22N2O4. The van der Waals surface area contributed by atoms with Gasteiger partial charge in [-0.2, -0.15) is 0 Å². The van der Waals surface area contributed by atoms with E-state index in [1.807, 2.05) is 13.0 Å². The fourth-order valence-corrected chi connectivity index (χ4v) is 3.39. The molecule has 0 spiro atoms. The van der Waals surface area contributed by atoms with E-state index in [4.69, 9.17) is 10.2 Å². The van der Waals surface area contributed by atoms with Crippen molar-refractivity contribution in [2.24, 2.45) is 11.1 Å². The highest BCUT2D eigenvalue weighted by molar-refractivity contribution is 5.95. The zero-order chi connectivity index (χ0) is 18.0. The van der Waals surface area contributed by atoms with Crippen LogP contribution in [-0.4, -0.2) is 35.0 Å². The smallest absolute Gasteiger partial charge is 0.336 e. The third-order valence-corrected chi connectivity index (χ3v) is 4.83. The van der Waals surface area contributed by atoms with E-state index in [2.05, 4.69) is 4.90 Å². The molecule has 1 atom stereocenters. The number of carbonyl (C=O) groups excluding carboxylic acids is 1. The molecule has 132 valence electrons. The minimum atomic E-state index is -0.984. The highest BCUT2D eigenvalue weighted by Gasteiger charge is 2.36. The van der Waals surface area contributed by atoms with Gasteiger partial charge in [-0.05, 0) is 44.5 Å². The molecule has 0 saturated carbocycles. The van der Waals surface area contributed by atoms with Crippen molar-refractivity contribution in [3.8, 4) is 11.3 Å². The second kappa shape index (κ2) is 6.72. The molecule has 1 aromatic carbocycles. The summed E-state index contributed by atoms with van der Waals surface area (Å²) >= 11 is 0. The van der Waals surface area contributed by atoms with Crippen LogP contribution in [0.1, 0.15) is 35.9 Å². The van der Waals surface area contributed by atoms with E-state index >= 15 is 0 Å². The van der Waals surface area contributed by atoms with Crippen LogP contribution >= 0.6 is 0 Å². The number of rotatable bonds is 5. The second-order valence-electron chi connectivity index (χ2n) is 6.86. The maximum atomic E-state index is 11.7. The van der Waals surface area contributed by atoms with E-state index in [0.717, 1.165) is 25.1 Å². The number of hydrogen-bond acceptors (Lipinski definition) is 4. The Bertz CT molecular complexity index is 798. The van der Waals surface area contributed by atoms with Gasteiger partial charge < -0.3 is 15.3 Å². The van der Waals surface area contributed by atoms with Crippen LogP contribution in [0.5, 0.6) is 0 Å². The Morgan fingerprint density at radius 2 is 2.04 bits per heavy atom. The second-order valence-corrected chi connectivity index (χ2v) is 6.86. The molecule has 3 rings (SSSR count). The predicted molar refractivity (Wildman–Crippen MR) is 92.9 cm³/mol. The zero-order valence-electron chi connectivity index (χ0n) is 14.2. The molecule has 25 heavy (non-hydrogen) atoms. The first-order valence-corrected chi connectivity index (χ1v) is 8.33. The van der Waals surface area contributed by atoms with Crippen molar-refractivity contribution in [1.82, 2.24) is 4.90 Å². The molecule has 1 unspecified atom stereocenters. The third-order valence-electron chi connectivity index (χ3n) is 4.83. The summed E-state index contributed by atoms with van der Waals surface area (Å²) in [6.07, 6.45) is 1.71. The van der Waals surface area contributed by atoms with Crippen LogP contribution in [0.4, 0.5) is 0 Å². The number of benzene rings is 1. The predicted octanol–water partition coefficient (Wildman–Crippen LogP) is 2.73. The highest BCUT2D eigenvalue weighted by Crippen LogP contribution is 2.31. The topological polar surface area (TPSA) is 96.8 Å². The van der Waals surface area contributed by atoms with Crippen LogP contribution in [-0.2, 0) is 11.3 Å². The minimum Gasteiger partial charge on any atom is -0.478 e. The molecule has 1 aliphatic rings. The van der Waals surface area contributed by atoms with Gasteiger partial charge >= 0.3 is 5.97 Å². The molecule has 1 aromatic heterocycles. The van der Waals surface area contributed by atoms with Crippen molar-refractivity contribution in [1.29, 1.82) is 0 Å². The summed E-state index contributed by atoms with van der Waals surface area (Å²) in [4.78, 5) is 25.2. The molecular weight excluding hydrogens is 320 g/mol. The zero-order valence-corrected chi connectivity index (χ0v) is 14.2. The van der Waals surface area contributed by atoms with E-state index in [-0.39, 0.29) is 11.5 Å². The molecule has 0 aliphatic carbocycles. The van der Waals surface area contributed by atoms with Gasteiger partial charge in [0.05, 0.1) is 17.5 Å². The molecule has 1 fully saturated rings. The van der Waals surface area contributed by atoms with Crippen molar-refractivity contribution in [2.45, 2.75) is 26.3 Å². The number of hydrogen-bond donors (Lipinski definition) is 2. The third kappa shape index (κ3) is 3.58. The number of nitrogens with two attached hydrogens (primary N) is 1. The molecule has 3 N–H and O–H groups in total. The van der Waals surface area contributed by atoms with E-state index < -0.39 is 11.4 Å². The number of primary amides is 1. The fraction of sp³-hybridized carbons (Fsp3) is 0.368. The normalized spacial score (nSPS) is 21.2. The number of furan rings is 1. The Balaban J connectivity index is 1.77. The number of carboxylic acid groups (broad SMARTS) is 1. The number of aromatic carboxylic acids is 1. The molecule has 1 saturated heterocycles. The van der Waals surface area contributed by atoms with Gasteiger partial charge in [0.2, 0.25) is 5.91 Å². The standard InChI is InChI=1S/C19H22N2O4/c1-19(18(20)24)9-4-10-21(12-19)11-13-7-8-16(25-13)14-5-2-3-6-15(14)17(22)23/h2-3,5-8H,4,9-12H2,1H3,(H2,20,24)(H,22,23). The first-order chi connectivity index (χ1) is 11.9. The van der Waals surface area contributed by atoms with Crippen LogP contribution in [0.3, 0.4) is 0 Å². The van der Waals surface area contributed by atoms with Gasteiger partial charge in [-0.1, -0.05) is 18.2 Å². The number of amides is 1. The Kier molecular flexibility index (Phi) is 4.63. The average Bonchev–Trinajstić information content (AvgIpc) is 3.03. The van der Waals surface area contributed by atoms with E-state index in [1.165, 1.54) is 0 Å². The first kappa shape index (κ1) is 17.2. The number of piperidine rings is 1. The number of carbonyl (C=O) groups is 2. The molecule has 6 heteroatoms. The summed E-state index contributed by atoms with van der Waals surface area (Å²) in [5.74, 6) is 0.0149. The molecule has 2 heterocycles. The molecule has 1 amide bonds. The fourth-order valence-electron chi connectivity index (χ4n) is 3.39. The van der Waals surface area contributed by atoms with Crippen LogP contribution < -0.4 is 5.73 Å². The number of carboxylic acids is 1. The monoisotopic (exact) mass is 342 g/mol. The summed E-state index contributed by atoms with van der Waals surface area (Å²) in [7, 11) is 0. The van der Waals surface area contributed by atoms with Gasteiger partial charge in [0.25, 0.3) is 0 Å². The van der Waals surface area contributed by atoms with E-state index in [9.17, 15) is 14.7 Å². The Morgan fingerprint density at radius 3 is 2.76 bits per heavy atom. The van der Waals surface area contributed by atoms with Gasteiger partial charge in [0.1, 0.15) is 11.5 Å². The largest absolute Gasteiger partial charge is 0.478 e. The van der Waals surface area contributed by atoms with Gasteiger partial charge in [-0.15, -0.1) is 0 Å². The molecule has 2 aromatic rings. The summed E-state index contributed by atoms with van der Waals surface area (Å²) in [5, 5.41) is 9.31. The summed E-state index contributed by atoms with van der Waals surface area (Å²) < 4.78 is 5.87. The van der Waals surface area contributed by atoms with Gasteiger partial charge in [0.15, 0.2) is 0 Å². The summed E-state index contributed by atoms with van der Waals surface area (Å²) in [6, 6.07) is 10.4. The lowest BCUT2D eigenvalue weighted by molar-refractivity contribution is -0.130. The Morgan fingerprint density at radius 1 is 1.28 bits per heavy atom. The van der Waals surface area contributed by atoms with E-state index in [0.29, 0.717) is 24.4 Å². The Labute approximate surface area is 146 Å². The number of likely N-dealkylation sites (tertiary alicyclic amines) is 1. The van der Waals surface area contributed by atoms with Gasteiger partial charge in [-0.25, -0.2) is 4.79 Å². The molecule has 1 aliphatic heterocycles. The van der Waals surface area contributed by atoms with Crippen molar-refractivity contribution in [3.63, 3.8) is 0 Å². The van der Waals surface area contributed by atoms with Crippen LogP contribution in [0, 0.1) is 5.41 Å². The Hall–Kier alpha value is -2.60. The van der Waals surface area contributed by atoms with Crippen LogP contribution in [0.15, 0.2) is 40.8 Å². The lowest BCUT2D eigenvalue weighted by atomic mass is 9.81. The summed E-state index contributed by atoms with van der Waals surface area (Å²) in [6.45, 7) is 3.95. The van der Waals surface area contributed by atoms with E-state index in [1.54, 1.807) is 30.3 Å². The van der Waals surface area contributed by atoms with Crippen molar-refractivity contribution >= 4 is 11.9 Å². The molecule has 0 bridgehead atoms. The first-order valence-electron chi connectivity index (χ1n) is 8.33. The minimum absolute atomic E-state index is 0.211. The lowest BCUT2D eigenvalue weighted by Gasteiger charge is -2.37. The average molecular weight is 342 g/mol. The van der Waals surface area contributed by atoms with Crippen LogP contribution in [0.25, 0.3) is 11.3 Å². The van der Waals surface area contributed by atoms with Crippen molar-refractivity contribution < 1.29 is 19.1 Å². The van der Waals surface area contributed by atoms with Crippen molar-refractivity contribution in [3.05, 3.63) is 47.7 Å². The molecule has 6 nitrogen and oxygen atoms in total. The molecule has 0 radical (unpaired) electrons. The lowest BCUT2D eigenvalue weighted by Crippen LogP contribution is -2.48.